The van der Waals surface area contributed by atoms with Crippen LogP contribution in [0.5, 0.6) is 0 Å². The number of nitro groups is 1. The van der Waals surface area contributed by atoms with Crippen LogP contribution >= 0.6 is 0 Å². The van der Waals surface area contributed by atoms with E-state index in [1.165, 1.54) is 24.3 Å². The van der Waals surface area contributed by atoms with Crippen LogP contribution < -0.4 is 10.6 Å². The Balaban J connectivity index is 2.43. The SMILES string of the molecule is CC(C)(C)NC(=O)CO/N=C\C(=O)Nc1cccc([N+](=O)[O-])c1. The van der Waals surface area contributed by atoms with Crippen molar-refractivity contribution in [1.29, 1.82) is 0 Å². The lowest BCUT2D eigenvalue weighted by Crippen LogP contribution is -2.42. The lowest BCUT2D eigenvalue weighted by molar-refractivity contribution is -0.384. The first kappa shape index (κ1) is 18.1. The summed E-state index contributed by atoms with van der Waals surface area (Å²) in [4.78, 5) is 37.7. The van der Waals surface area contributed by atoms with Gasteiger partial charge in [-0.25, -0.2) is 0 Å². The van der Waals surface area contributed by atoms with E-state index in [9.17, 15) is 19.7 Å². The number of hydrogen-bond donors (Lipinski definition) is 2. The predicted molar refractivity (Wildman–Crippen MR) is 84.1 cm³/mol. The molecule has 0 aliphatic heterocycles. The first-order valence-corrected chi connectivity index (χ1v) is 6.69. The topological polar surface area (TPSA) is 123 Å². The van der Waals surface area contributed by atoms with E-state index < -0.39 is 10.8 Å². The number of anilines is 1. The third-order valence-electron chi connectivity index (χ3n) is 2.28. The molecule has 9 heteroatoms. The lowest BCUT2D eigenvalue weighted by atomic mass is 10.1. The van der Waals surface area contributed by atoms with Crippen LogP contribution in [0.1, 0.15) is 20.8 Å². The molecule has 9 nitrogen and oxygen atoms in total. The van der Waals surface area contributed by atoms with Crippen LogP contribution in [0.4, 0.5) is 11.4 Å². The molecule has 0 spiro atoms. The van der Waals surface area contributed by atoms with Crippen LogP contribution in [0.15, 0.2) is 29.4 Å². The summed E-state index contributed by atoms with van der Waals surface area (Å²) in [6.45, 7) is 5.14. The molecule has 0 aliphatic rings. The second-order valence-electron chi connectivity index (χ2n) is 5.60. The van der Waals surface area contributed by atoms with Crippen molar-refractivity contribution in [2.75, 3.05) is 11.9 Å². The zero-order valence-corrected chi connectivity index (χ0v) is 13.0. The number of nitrogens with zero attached hydrogens (tertiary/aromatic N) is 2. The van der Waals surface area contributed by atoms with Gasteiger partial charge in [0, 0.05) is 23.4 Å². The molecular weight excluding hydrogens is 304 g/mol. The number of carbonyl (C=O) groups excluding carboxylic acids is 2. The van der Waals surface area contributed by atoms with Gasteiger partial charge in [-0.1, -0.05) is 11.2 Å². The Morgan fingerprint density at radius 3 is 2.70 bits per heavy atom. The highest BCUT2D eigenvalue weighted by molar-refractivity contribution is 6.31. The lowest BCUT2D eigenvalue weighted by Gasteiger charge is -2.19. The maximum Gasteiger partial charge on any atom is 0.271 e. The second kappa shape index (κ2) is 7.87. The number of benzene rings is 1. The molecule has 0 aromatic heterocycles. The molecule has 0 atom stereocenters. The van der Waals surface area contributed by atoms with E-state index in [4.69, 9.17) is 4.84 Å². The molecule has 1 aromatic carbocycles. The number of carbonyl (C=O) groups is 2. The maximum absolute atomic E-state index is 11.6. The number of rotatable bonds is 6. The minimum absolute atomic E-state index is 0.144. The van der Waals surface area contributed by atoms with E-state index >= 15 is 0 Å². The standard InChI is InChI=1S/C14H18N4O5/c1-14(2,3)17-13(20)9-23-15-8-12(19)16-10-5-4-6-11(7-10)18(21)22/h4-8H,9H2,1-3H3,(H,16,19)(H,17,20)/b15-8-. The monoisotopic (exact) mass is 322 g/mol. The molecule has 0 bridgehead atoms. The Labute approximate surface area is 132 Å². The number of hydrogen-bond acceptors (Lipinski definition) is 6. The van der Waals surface area contributed by atoms with Gasteiger partial charge in [-0.2, -0.15) is 0 Å². The molecule has 2 amide bonds. The van der Waals surface area contributed by atoms with Gasteiger partial charge in [-0.15, -0.1) is 0 Å². The highest BCUT2D eigenvalue weighted by Crippen LogP contribution is 2.16. The van der Waals surface area contributed by atoms with Crippen LogP contribution in [0.2, 0.25) is 0 Å². The van der Waals surface area contributed by atoms with Crippen molar-refractivity contribution >= 4 is 29.4 Å². The Morgan fingerprint density at radius 1 is 1.39 bits per heavy atom. The van der Waals surface area contributed by atoms with Crippen LogP contribution in [-0.2, 0) is 14.4 Å². The largest absolute Gasteiger partial charge is 0.386 e. The molecule has 1 rings (SSSR count). The number of amides is 2. The molecule has 1 aromatic rings. The Morgan fingerprint density at radius 2 is 2.09 bits per heavy atom. The summed E-state index contributed by atoms with van der Waals surface area (Å²) < 4.78 is 0. The van der Waals surface area contributed by atoms with Crippen LogP contribution in [0.25, 0.3) is 0 Å². The first-order chi connectivity index (χ1) is 10.7. The van der Waals surface area contributed by atoms with E-state index in [2.05, 4.69) is 15.8 Å². The molecule has 0 unspecified atom stereocenters. The van der Waals surface area contributed by atoms with Gasteiger partial charge < -0.3 is 15.5 Å². The maximum atomic E-state index is 11.6. The molecule has 0 saturated heterocycles. The summed E-state index contributed by atoms with van der Waals surface area (Å²) in [7, 11) is 0. The molecule has 2 N–H and O–H groups in total. The molecular formula is C14H18N4O5. The van der Waals surface area contributed by atoms with Crippen molar-refractivity contribution < 1.29 is 19.3 Å². The number of oxime groups is 1. The summed E-state index contributed by atoms with van der Waals surface area (Å²) >= 11 is 0. The van der Waals surface area contributed by atoms with Gasteiger partial charge in [0.25, 0.3) is 17.5 Å². The van der Waals surface area contributed by atoms with Gasteiger partial charge in [0.05, 0.1) is 4.92 Å². The zero-order valence-electron chi connectivity index (χ0n) is 13.0. The van der Waals surface area contributed by atoms with E-state index in [1.807, 2.05) is 20.8 Å². The number of nitro benzene ring substituents is 1. The second-order valence-corrected chi connectivity index (χ2v) is 5.60. The van der Waals surface area contributed by atoms with Gasteiger partial charge in [0.2, 0.25) is 0 Å². The minimum Gasteiger partial charge on any atom is -0.386 e. The van der Waals surface area contributed by atoms with Crippen molar-refractivity contribution in [3.8, 4) is 0 Å². The fourth-order valence-corrected chi connectivity index (χ4v) is 1.51. The molecule has 0 aliphatic carbocycles. The Hall–Kier alpha value is -2.97. The average molecular weight is 322 g/mol. The Bertz CT molecular complexity index is 622. The van der Waals surface area contributed by atoms with Gasteiger partial charge >= 0.3 is 0 Å². The quantitative estimate of drug-likeness (QED) is 0.466. The summed E-state index contributed by atoms with van der Waals surface area (Å²) in [5.74, 6) is -1.00. The van der Waals surface area contributed by atoms with Crippen LogP contribution in [-0.4, -0.2) is 35.1 Å². The van der Waals surface area contributed by atoms with Gasteiger partial charge in [-0.05, 0) is 26.8 Å². The highest BCUT2D eigenvalue weighted by atomic mass is 16.6. The van der Waals surface area contributed by atoms with E-state index in [1.54, 1.807) is 0 Å². The fourth-order valence-electron chi connectivity index (χ4n) is 1.51. The third-order valence-corrected chi connectivity index (χ3v) is 2.28. The highest BCUT2D eigenvalue weighted by Gasteiger charge is 2.13. The minimum atomic E-state index is -0.637. The van der Waals surface area contributed by atoms with E-state index in [-0.39, 0.29) is 29.4 Å². The van der Waals surface area contributed by atoms with Crippen molar-refractivity contribution in [2.24, 2.45) is 5.16 Å². The zero-order chi connectivity index (χ0) is 17.5. The van der Waals surface area contributed by atoms with Gasteiger partial charge in [0.1, 0.15) is 6.21 Å². The van der Waals surface area contributed by atoms with Crippen molar-refractivity contribution in [1.82, 2.24) is 5.32 Å². The fraction of sp³-hybridized carbons (Fsp3) is 0.357. The summed E-state index contributed by atoms with van der Waals surface area (Å²) in [5.41, 5.74) is -0.278. The van der Waals surface area contributed by atoms with E-state index in [0.29, 0.717) is 0 Å². The normalized spacial score (nSPS) is 11.1. The van der Waals surface area contributed by atoms with E-state index in [0.717, 1.165) is 6.21 Å². The third kappa shape index (κ3) is 7.55. The average Bonchev–Trinajstić information content (AvgIpc) is 2.42. The smallest absolute Gasteiger partial charge is 0.271 e. The molecule has 0 fully saturated rings. The van der Waals surface area contributed by atoms with Gasteiger partial charge in [-0.3, -0.25) is 19.7 Å². The van der Waals surface area contributed by atoms with Gasteiger partial charge in [0.15, 0.2) is 6.61 Å². The molecule has 23 heavy (non-hydrogen) atoms. The van der Waals surface area contributed by atoms with Crippen LogP contribution in [0, 0.1) is 10.1 Å². The summed E-state index contributed by atoms with van der Waals surface area (Å²) in [5, 5.41) is 19.0. The molecule has 124 valence electrons. The Kier molecular flexibility index (Phi) is 6.19. The summed E-state index contributed by atoms with van der Waals surface area (Å²) in [6.07, 6.45) is 0.837. The number of nitrogens with one attached hydrogen (secondary N) is 2. The van der Waals surface area contributed by atoms with Crippen LogP contribution in [0.3, 0.4) is 0 Å². The first-order valence-electron chi connectivity index (χ1n) is 6.69. The van der Waals surface area contributed by atoms with Crippen molar-refractivity contribution in [3.05, 3.63) is 34.4 Å². The van der Waals surface area contributed by atoms with Crippen molar-refractivity contribution in [3.63, 3.8) is 0 Å². The van der Waals surface area contributed by atoms with Crippen molar-refractivity contribution in [2.45, 2.75) is 26.3 Å². The molecule has 0 saturated carbocycles. The summed E-state index contributed by atoms with van der Waals surface area (Å²) in [6, 6.07) is 5.46. The predicted octanol–water partition coefficient (Wildman–Crippen LogP) is 1.45. The number of non-ortho nitro benzene ring substituents is 1. The molecule has 0 heterocycles. The molecule has 0 radical (unpaired) electrons.